The zero-order valence-electron chi connectivity index (χ0n) is 19.3. The Hall–Kier alpha value is -2.24. The molecule has 11 nitrogen and oxygen atoms in total. The SMILES string of the molecule is CCC(C)C(NC(=O)C1CCCN1C(=O)C(N)C(C)O)C(=O)NC(CCCCN)C(=O)O. The summed E-state index contributed by atoms with van der Waals surface area (Å²) in [6.45, 7) is 5.82. The van der Waals surface area contributed by atoms with Crippen LogP contribution in [0, 0.1) is 5.92 Å². The second kappa shape index (κ2) is 13.3. The van der Waals surface area contributed by atoms with Gasteiger partial charge in [0.15, 0.2) is 0 Å². The Morgan fingerprint density at radius 1 is 1.16 bits per heavy atom. The fraction of sp³-hybridized carbons (Fsp3) is 0.810. The summed E-state index contributed by atoms with van der Waals surface area (Å²) < 4.78 is 0. The monoisotopic (exact) mass is 457 g/mol. The van der Waals surface area contributed by atoms with Gasteiger partial charge in [0, 0.05) is 6.54 Å². The number of carboxylic acid groups (broad SMARTS) is 1. The fourth-order valence-electron chi connectivity index (χ4n) is 3.66. The van der Waals surface area contributed by atoms with Gasteiger partial charge >= 0.3 is 5.97 Å². The van der Waals surface area contributed by atoms with Crippen LogP contribution in [0.2, 0.25) is 0 Å². The highest BCUT2D eigenvalue weighted by molar-refractivity contribution is 5.94. The Balaban J connectivity index is 2.91. The van der Waals surface area contributed by atoms with Crippen molar-refractivity contribution in [2.24, 2.45) is 17.4 Å². The molecule has 0 bridgehead atoms. The summed E-state index contributed by atoms with van der Waals surface area (Å²) >= 11 is 0. The summed E-state index contributed by atoms with van der Waals surface area (Å²) in [5.74, 6) is -3.01. The van der Waals surface area contributed by atoms with Gasteiger partial charge in [0.05, 0.1) is 6.10 Å². The Labute approximate surface area is 189 Å². The first-order valence-electron chi connectivity index (χ1n) is 11.3. The van der Waals surface area contributed by atoms with Gasteiger partial charge in [0.1, 0.15) is 24.2 Å². The zero-order valence-corrected chi connectivity index (χ0v) is 19.3. The van der Waals surface area contributed by atoms with Crippen LogP contribution in [0.4, 0.5) is 0 Å². The molecule has 11 heteroatoms. The van der Waals surface area contributed by atoms with E-state index in [0.29, 0.717) is 45.2 Å². The van der Waals surface area contributed by atoms with E-state index >= 15 is 0 Å². The Morgan fingerprint density at radius 3 is 2.34 bits per heavy atom. The highest BCUT2D eigenvalue weighted by Crippen LogP contribution is 2.20. The van der Waals surface area contributed by atoms with E-state index in [9.17, 15) is 29.4 Å². The van der Waals surface area contributed by atoms with Crippen LogP contribution < -0.4 is 22.1 Å². The maximum atomic E-state index is 13.0. The Bertz CT molecular complexity index is 659. The number of hydrogen-bond donors (Lipinski definition) is 6. The molecule has 0 aromatic rings. The number of amides is 3. The van der Waals surface area contributed by atoms with Crippen molar-refractivity contribution in [3.05, 3.63) is 0 Å². The highest BCUT2D eigenvalue weighted by Gasteiger charge is 2.39. The number of nitrogens with one attached hydrogen (secondary N) is 2. The maximum Gasteiger partial charge on any atom is 0.326 e. The molecule has 6 unspecified atom stereocenters. The summed E-state index contributed by atoms with van der Waals surface area (Å²) in [7, 11) is 0. The summed E-state index contributed by atoms with van der Waals surface area (Å²) in [6.07, 6.45) is 1.96. The van der Waals surface area contributed by atoms with Crippen LogP contribution in [0.15, 0.2) is 0 Å². The quantitative estimate of drug-likeness (QED) is 0.188. The lowest BCUT2D eigenvalue weighted by molar-refractivity contribution is -0.144. The van der Waals surface area contributed by atoms with Crippen LogP contribution in [0.25, 0.3) is 0 Å². The van der Waals surface area contributed by atoms with E-state index in [-0.39, 0.29) is 12.3 Å². The van der Waals surface area contributed by atoms with Crippen molar-refractivity contribution in [1.82, 2.24) is 15.5 Å². The summed E-state index contributed by atoms with van der Waals surface area (Å²) in [5.41, 5.74) is 11.2. The zero-order chi connectivity index (χ0) is 24.4. The van der Waals surface area contributed by atoms with Crippen LogP contribution in [-0.4, -0.2) is 82.2 Å². The summed E-state index contributed by atoms with van der Waals surface area (Å²) in [5, 5.41) is 24.3. The van der Waals surface area contributed by atoms with E-state index in [1.54, 1.807) is 6.92 Å². The Morgan fingerprint density at radius 2 is 1.81 bits per heavy atom. The molecule has 8 N–H and O–H groups in total. The molecular formula is C21H39N5O6. The number of carbonyl (C=O) groups excluding carboxylic acids is 3. The van der Waals surface area contributed by atoms with Gasteiger partial charge < -0.3 is 37.2 Å². The van der Waals surface area contributed by atoms with E-state index < -0.39 is 54.0 Å². The molecule has 1 heterocycles. The predicted octanol–water partition coefficient (Wildman–Crippen LogP) is -1.09. The van der Waals surface area contributed by atoms with Gasteiger partial charge in [-0.2, -0.15) is 0 Å². The Kier molecular flexibility index (Phi) is 11.6. The smallest absolute Gasteiger partial charge is 0.326 e. The number of hydrogen-bond acceptors (Lipinski definition) is 7. The first-order chi connectivity index (χ1) is 15.0. The molecule has 1 rings (SSSR count). The normalized spacial score (nSPS) is 20.7. The summed E-state index contributed by atoms with van der Waals surface area (Å²) in [4.78, 5) is 51.4. The number of carbonyl (C=O) groups is 4. The van der Waals surface area contributed by atoms with E-state index in [1.807, 2.05) is 6.92 Å². The number of nitrogens with zero attached hydrogens (tertiary/aromatic N) is 1. The van der Waals surface area contributed by atoms with Crippen molar-refractivity contribution >= 4 is 23.7 Å². The molecule has 1 aliphatic rings. The van der Waals surface area contributed by atoms with Gasteiger partial charge in [-0.15, -0.1) is 0 Å². The second-order valence-corrected chi connectivity index (χ2v) is 8.51. The van der Waals surface area contributed by atoms with Crippen LogP contribution in [0.1, 0.15) is 59.3 Å². The van der Waals surface area contributed by atoms with Gasteiger partial charge in [0.2, 0.25) is 17.7 Å². The minimum atomic E-state index is -1.15. The van der Waals surface area contributed by atoms with Crippen molar-refractivity contribution in [2.45, 2.75) is 89.6 Å². The third kappa shape index (κ3) is 7.72. The lowest BCUT2D eigenvalue weighted by Crippen LogP contribution is -2.59. The average molecular weight is 458 g/mol. The molecule has 32 heavy (non-hydrogen) atoms. The molecule has 1 saturated heterocycles. The minimum Gasteiger partial charge on any atom is -0.480 e. The number of nitrogens with two attached hydrogens (primary N) is 2. The average Bonchev–Trinajstić information content (AvgIpc) is 3.24. The number of rotatable bonds is 13. The topological polar surface area (TPSA) is 188 Å². The minimum absolute atomic E-state index is 0.238. The summed E-state index contributed by atoms with van der Waals surface area (Å²) in [6, 6.07) is -3.97. The number of aliphatic carboxylic acids is 1. The van der Waals surface area contributed by atoms with Crippen LogP contribution in [-0.2, 0) is 19.2 Å². The maximum absolute atomic E-state index is 13.0. The first-order valence-corrected chi connectivity index (χ1v) is 11.3. The number of carboxylic acids is 1. The highest BCUT2D eigenvalue weighted by atomic mass is 16.4. The van der Waals surface area contributed by atoms with Crippen molar-refractivity contribution in [2.75, 3.05) is 13.1 Å². The van der Waals surface area contributed by atoms with Crippen LogP contribution in [0.3, 0.4) is 0 Å². The van der Waals surface area contributed by atoms with Crippen molar-refractivity contribution < 1.29 is 29.4 Å². The molecule has 0 saturated carbocycles. The standard InChI is InChI=1S/C21H39N5O6/c1-4-12(2)17(19(29)24-14(21(31)32)8-5-6-10-22)25-18(28)15-9-7-11-26(15)20(30)16(23)13(3)27/h12-17,27H,4-11,22-23H2,1-3H3,(H,24,29)(H,25,28)(H,31,32). The molecule has 184 valence electrons. The lowest BCUT2D eigenvalue weighted by Gasteiger charge is -2.30. The second-order valence-electron chi connectivity index (χ2n) is 8.51. The van der Waals surface area contributed by atoms with Gasteiger partial charge in [-0.25, -0.2) is 4.79 Å². The van der Waals surface area contributed by atoms with E-state index in [0.717, 1.165) is 0 Å². The van der Waals surface area contributed by atoms with Crippen molar-refractivity contribution in [3.8, 4) is 0 Å². The molecule has 6 atom stereocenters. The third-order valence-electron chi connectivity index (χ3n) is 6.00. The largest absolute Gasteiger partial charge is 0.480 e. The first kappa shape index (κ1) is 27.8. The predicted molar refractivity (Wildman–Crippen MR) is 118 cm³/mol. The molecule has 3 amide bonds. The third-order valence-corrected chi connectivity index (χ3v) is 6.00. The van der Waals surface area contributed by atoms with E-state index in [4.69, 9.17) is 11.5 Å². The number of aliphatic hydroxyl groups excluding tert-OH is 1. The molecule has 0 aromatic carbocycles. The van der Waals surface area contributed by atoms with Crippen LogP contribution >= 0.6 is 0 Å². The van der Waals surface area contributed by atoms with Gasteiger partial charge in [-0.3, -0.25) is 14.4 Å². The van der Waals surface area contributed by atoms with Gasteiger partial charge in [-0.1, -0.05) is 20.3 Å². The fourth-order valence-corrected chi connectivity index (χ4v) is 3.66. The van der Waals surface area contributed by atoms with Crippen molar-refractivity contribution in [3.63, 3.8) is 0 Å². The molecule has 0 radical (unpaired) electrons. The molecule has 1 aliphatic heterocycles. The molecule has 0 spiro atoms. The molecule has 0 aromatic heterocycles. The lowest BCUT2D eigenvalue weighted by atomic mass is 9.97. The number of unbranched alkanes of at least 4 members (excludes halogenated alkanes) is 1. The molecule has 1 fully saturated rings. The van der Waals surface area contributed by atoms with Gasteiger partial charge in [0.25, 0.3) is 0 Å². The van der Waals surface area contributed by atoms with E-state index in [1.165, 1.54) is 11.8 Å². The van der Waals surface area contributed by atoms with Crippen molar-refractivity contribution in [1.29, 1.82) is 0 Å². The number of aliphatic hydroxyl groups is 1. The molecule has 0 aliphatic carbocycles. The molecular weight excluding hydrogens is 418 g/mol. The van der Waals surface area contributed by atoms with Gasteiger partial charge in [-0.05, 0) is 51.5 Å². The van der Waals surface area contributed by atoms with E-state index in [2.05, 4.69) is 10.6 Å². The number of likely N-dealkylation sites (tertiary alicyclic amines) is 1. The van der Waals surface area contributed by atoms with Crippen LogP contribution in [0.5, 0.6) is 0 Å².